The first-order valence-electron chi connectivity index (χ1n) is 6.43. The van der Waals surface area contributed by atoms with Gasteiger partial charge in [0.1, 0.15) is 0 Å². The highest BCUT2D eigenvalue weighted by atomic mass is 79.9. The summed E-state index contributed by atoms with van der Waals surface area (Å²) in [6.07, 6.45) is 4.02. The minimum absolute atomic E-state index is 0.863. The van der Waals surface area contributed by atoms with Gasteiger partial charge in [-0.1, -0.05) is 15.9 Å². The van der Waals surface area contributed by atoms with E-state index < -0.39 is 0 Å². The van der Waals surface area contributed by atoms with Crippen LogP contribution >= 0.6 is 15.9 Å². The standard InChI is InChI=1S/C14H21BrN2/c1-17(14-6-4-13(15)5-7-14)10-8-12-3-2-9-16-11-12/h4-7,12,16H,2-3,8-11H2,1H3. The zero-order valence-corrected chi connectivity index (χ0v) is 12.0. The van der Waals surface area contributed by atoms with Crippen molar-refractivity contribution >= 4 is 21.6 Å². The molecule has 2 nitrogen and oxygen atoms in total. The van der Waals surface area contributed by atoms with Crippen molar-refractivity contribution in [2.45, 2.75) is 19.3 Å². The van der Waals surface area contributed by atoms with E-state index in [4.69, 9.17) is 0 Å². The van der Waals surface area contributed by atoms with E-state index in [-0.39, 0.29) is 0 Å². The number of piperidine rings is 1. The van der Waals surface area contributed by atoms with Gasteiger partial charge in [0.05, 0.1) is 0 Å². The van der Waals surface area contributed by atoms with Gasteiger partial charge in [-0.2, -0.15) is 0 Å². The Morgan fingerprint density at radius 3 is 2.76 bits per heavy atom. The summed E-state index contributed by atoms with van der Waals surface area (Å²) in [5.41, 5.74) is 1.30. The van der Waals surface area contributed by atoms with Crippen LogP contribution in [0.25, 0.3) is 0 Å². The highest BCUT2D eigenvalue weighted by Crippen LogP contribution is 2.19. The molecular formula is C14H21BrN2. The largest absolute Gasteiger partial charge is 0.375 e. The smallest absolute Gasteiger partial charge is 0.0364 e. The maximum Gasteiger partial charge on any atom is 0.0364 e. The third kappa shape index (κ3) is 4.00. The zero-order chi connectivity index (χ0) is 12.1. The third-order valence-electron chi connectivity index (χ3n) is 3.54. The molecule has 0 bridgehead atoms. The van der Waals surface area contributed by atoms with Crippen molar-refractivity contribution in [1.82, 2.24) is 5.32 Å². The van der Waals surface area contributed by atoms with Gasteiger partial charge in [-0.05, 0) is 62.5 Å². The number of rotatable bonds is 4. The van der Waals surface area contributed by atoms with Gasteiger partial charge in [0, 0.05) is 23.8 Å². The van der Waals surface area contributed by atoms with E-state index >= 15 is 0 Å². The molecule has 1 fully saturated rings. The van der Waals surface area contributed by atoms with Gasteiger partial charge in [0.2, 0.25) is 0 Å². The molecule has 1 aromatic rings. The molecule has 1 aromatic carbocycles. The fourth-order valence-corrected chi connectivity index (χ4v) is 2.64. The van der Waals surface area contributed by atoms with E-state index in [1.54, 1.807) is 0 Å². The number of anilines is 1. The first kappa shape index (κ1) is 12.9. The number of nitrogens with zero attached hydrogens (tertiary/aromatic N) is 1. The fraction of sp³-hybridized carbons (Fsp3) is 0.571. The second-order valence-corrected chi connectivity index (χ2v) is 5.81. The molecule has 0 radical (unpaired) electrons. The maximum absolute atomic E-state index is 3.48. The van der Waals surface area contributed by atoms with Gasteiger partial charge < -0.3 is 10.2 Å². The van der Waals surface area contributed by atoms with Crippen molar-refractivity contribution in [1.29, 1.82) is 0 Å². The Balaban J connectivity index is 1.80. The van der Waals surface area contributed by atoms with Crippen LogP contribution in [-0.2, 0) is 0 Å². The second-order valence-electron chi connectivity index (χ2n) is 4.90. The van der Waals surface area contributed by atoms with E-state index in [0.29, 0.717) is 0 Å². The average Bonchev–Trinajstić information content (AvgIpc) is 2.38. The predicted molar refractivity (Wildman–Crippen MR) is 77.6 cm³/mol. The van der Waals surface area contributed by atoms with Crippen LogP contribution in [0.3, 0.4) is 0 Å². The summed E-state index contributed by atoms with van der Waals surface area (Å²) in [7, 11) is 2.18. The molecule has 0 amide bonds. The molecule has 17 heavy (non-hydrogen) atoms. The van der Waals surface area contributed by atoms with Crippen LogP contribution in [0, 0.1) is 5.92 Å². The van der Waals surface area contributed by atoms with Crippen LogP contribution in [0.2, 0.25) is 0 Å². The first-order chi connectivity index (χ1) is 8.25. The van der Waals surface area contributed by atoms with E-state index in [1.807, 2.05) is 0 Å². The Hall–Kier alpha value is -0.540. The fourth-order valence-electron chi connectivity index (χ4n) is 2.37. The Labute approximate surface area is 113 Å². The zero-order valence-electron chi connectivity index (χ0n) is 10.5. The van der Waals surface area contributed by atoms with Crippen molar-refractivity contribution in [2.24, 2.45) is 5.92 Å². The van der Waals surface area contributed by atoms with E-state index in [1.165, 1.54) is 38.0 Å². The molecule has 1 aliphatic rings. The lowest BCUT2D eigenvalue weighted by atomic mass is 9.96. The molecule has 1 heterocycles. The van der Waals surface area contributed by atoms with Crippen LogP contribution in [0.4, 0.5) is 5.69 Å². The number of hydrogen-bond donors (Lipinski definition) is 1. The molecule has 2 rings (SSSR count). The van der Waals surface area contributed by atoms with E-state index in [0.717, 1.165) is 16.9 Å². The maximum atomic E-state index is 3.48. The molecule has 1 aliphatic heterocycles. The Bertz CT molecular complexity index is 331. The minimum Gasteiger partial charge on any atom is -0.375 e. The monoisotopic (exact) mass is 296 g/mol. The lowest BCUT2D eigenvalue weighted by Crippen LogP contribution is -2.32. The van der Waals surface area contributed by atoms with Crippen molar-refractivity contribution in [3.8, 4) is 0 Å². The van der Waals surface area contributed by atoms with Gasteiger partial charge >= 0.3 is 0 Å². The SMILES string of the molecule is CN(CCC1CCCNC1)c1ccc(Br)cc1. The summed E-state index contributed by atoms with van der Waals surface area (Å²) in [5, 5.41) is 3.48. The van der Waals surface area contributed by atoms with Crippen LogP contribution < -0.4 is 10.2 Å². The van der Waals surface area contributed by atoms with Crippen LogP contribution in [0.15, 0.2) is 28.7 Å². The highest BCUT2D eigenvalue weighted by molar-refractivity contribution is 9.10. The van der Waals surface area contributed by atoms with E-state index in [9.17, 15) is 0 Å². The summed E-state index contributed by atoms with van der Waals surface area (Å²) < 4.78 is 1.14. The highest BCUT2D eigenvalue weighted by Gasteiger charge is 2.13. The van der Waals surface area contributed by atoms with Crippen LogP contribution in [0.1, 0.15) is 19.3 Å². The van der Waals surface area contributed by atoms with E-state index in [2.05, 4.69) is 57.5 Å². The summed E-state index contributed by atoms with van der Waals surface area (Å²) in [6.45, 7) is 3.56. The second kappa shape index (κ2) is 6.41. The lowest BCUT2D eigenvalue weighted by molar-refractivity contribution is 0.360. The molecule has 0 aromatic heterocycles. The molecule has 0 saturated carbocycles. The topological polar surface area (TPSA) is 15.3 Å². The van der Waals surface area contributed by atoms with Crippen molar-refractivity contribution < 1.29 is 0 Å². The lowest BCUT2D eigenvalue weighted by Gasteiger charge is -2.26. The summed E-state index contributed by atoms with van der Waals surface area (Å²) in [5.74, 6) is 0.863. The average molecular weight is 297 g/mol. The molecule has 1 atom stereocenters. The summed E-state index contributed by atoms with van der Waals surface area (Å²) in [6, 6.07) is 8.55. The molecule has 94 valence electrons. The van der Waals surface area contributed by atoms with Gasteiger partial charge in [0.15, 0.2) is 0 Å². The molecule has 0 spiro atoms. The minimum atomic E-state index is 0.863. The van der Waals surface area contributed by atoms with Crippen LogP contribution in [-0.4, -0.2) is 26.7 Å². The summed E-state index contributed by atoms with van der Waals surface area (Å²) >= 11 is 3.47. The normalized spacial score (nSPS) is 20.2. The third-order valence-corrected chi connectivity index (χ3v) is 4.07. The Morgan fingerprint density at radius 1 is 1.35 bits per heavy atom. The predicted octanol–water partition coefficient (Wildman–Crippen LogP) is 3.28. The van der Waals surface area contributed by atoms with Gasteiger partial charge in [-0.15, -0.1) is 0 Å². The Morgan fingerprint density at radius 2 is 2.12 bits per heavy atom. The van der Waals surface area contributed by atoms with Gasteiger partial charge in [-0.25, -0.2) is 0 Å². The van der Waals surface area contributed by atoms with Crippen molar-refractivity contribution in [3.63, 3.8) is 0 Å². The number of benzene rings is 1. The molecule has 3 heteroatoms. The molecule has 1 saturated heterocycles. The van der Waals surface area contributed by atoms with Gasteiger partial charge in [0.25, 0.3) is 0 Å². The van der Waals surface area contributed by atoms with Crippen molar-refractivity contribution in [2.75, 3.05) is 31.6 Å². The number of hydrogen-bond acceptors (Lipinski definition) is 2. The molecule has 1 unspecified atom stereocenters. The van der Waals surface area contributed by atoms with Crippen LogP contribution in [0.5, 0.6) is 0 Å². The summed E-state index contributed by atoms with van der Waals surface area (Å²) in [4.78, 5) is 2.35. The molecule has 0 aliphatic carbocycles. The first-order valence-corrected chi connectivity index (χ1v) is 7.22. The number of nitrogens with one attached hydrogen (secondary N) is 1. The van der Waals surface area contributed by atoms with Gasteiger partial charge in [-0.3, -0.25) is 0 Å². The Kier molecular flexibility index (Phi) is 4.86. The quantitative estimate of drug-likeness (QED) is 0.917. The number of halogens is 1. The molecular weight excluding hydrogens is 276 g/mol. The van der Waals surface area contributed by atoms with Crippen molar-refractivity contribution in [3.05, 3.63) is 28.7 Å². The molecule has 1 N–H and O–H groups in total.